The van der Waals surface area contributed by atoms with Crippen molar-refractivity contribution in [2.24, 2.45) is 0 Å². The number of rotatable bonds is 9. The number of halogens is 1. The quantitative estimate of drug-likeness (QED) is 0.457. The molecule has 3 aromatic carbocycles. The number of hydrogen-bond acceptors (Lipinski definition) is 3. The highest BCUT2D eigenvalue weighted by atomic mass is 35.5. The topological polar surface area (TPSA) is 38.3 Å². The summed E-state index contributed by atoms with van der Waals surface area (Å²) >= 11 is 7.77. The largest absolute Gasteiger partial charge is 0.480 e. The predicted molar refractivity (Wildman–Crippen MR) is 119 cm³/mol. The molecule has 1 N–H and O–H groups in total. The fourth-order valence-corrected chi connectivity index (χ4v) is 3.97. The molecule has 28 heavy (non-hydrogen) atoms. The lowest BCUT2D eigenvalue weighted by Crippen LogP contribution is -2.39. The Kier molecular flexibility index (Phi) is 7.63. The lowest BCUT2D eigenvalue weighted by Gasteiger charge is -2.18. The van der Waals surface area contributed by atoms with Gasteiger partial charge in [-0.3, -0.25) is 4.79 Å². The van der Waals surface area contributed by atoms with Gasteiger partial charge in [-0.25, -0.2) is 0 Å². The summed E-state index contributed by atoms with van der Waals surface area (Å²) in [6.07, 6.45) is 0.119. The van der Waals surface area contributed by atoms with E-state index in [0.717, 1.165) is 33.1 Å². The standard InChI is InChI=1S/C23H24ClNO2S/c1-2-21(27-22-12-6-9-18-8-3-4-11-20(18)22)23(26)25-13-14-28-16-17-7-5-10-19(24)15-17/h3-12,15,21H,2,13-14,16H2,1H3,(H,25,26)/t21-/m0/s1. The summed E-state index contributed by atoms with van der Waals surface area (Å²) < 4.78 is 6.04. The van der Waals surface area contributed by atoms with Gasteiger partial charge in [-0.15, -0.1) is 0 Å². The minimum atomic E-state index is -0.497. The summed E-state index contributed by atoms with van der Waals surface area (Å²) in [6.45, 7) is 2.57. The second-order valence-corrected chi connectivity index (χ2v) is 8.01. The van der Waals surface area contributed by atoms with E-state index in [0.29, 0.717) is 13.0 Å². The van der Waals surface area contributed by atoms with Gasteiger partial charge in [0.25, 0.3) is 5.91 Å². The van der Waals surface area contributed by atoms with E-state index < -0.39 is 6.10 Å². The van der Waals surface area contributed by atoms with Gasteiger partial charge in [0.15, 0.2) is 6.10 Å². The van der Waals surface area contributed by atoms with Crippen LogP contribution in [0.3, 0.4) is 0 Å². The Balaban J connectivity index is 1.48. The molecule has 0 aliphatic carbocycles. The first-order chi connectivity index (χ1) is 13.7. The molecule has 5 heteroatoms. The number of thioether (sulfide) groups is 1. The zero-order chi connectivity index (χ0) is 19.8. The molecular formula is C23H24ClNO2S. The van der Waals surface area contributed by atoms with Crippen molar-refractivity contribution < 1.29 is 9.53 Å². The number of benzene rings is 3. The van der Waals surface area contributed by atoms with E-state index in [9.17, 15) is 4.79 Å². The molecule has 1 amide bonds. The van der Waals surface area contributed by atoms with Crippen molar-refractivity contribution in [3.8, 4) is 5.75 Å². The van der Waals surface area contributed by atoms with Crippen LogP contribution in [-0.2, 0) is 10.5 Å². The van der Waals surface area contributed by atoms with Crippen molar-refractivity contribution in [2.75, 3.05) is 12.3 Å². The molecule has 0 heterocycles. The van der Waals surface area contributed by atoms with E-state index in [1.165, 1.54) is 5.56 Å². The van der Waals surface area contributed by atoms with Gasteiger partial charge in [-0.2, -0.15) is 11.8 Å². The third-order valence-corrected chi connectivity index (χ3v) is 5.65. The molecular weight excluding hydrogens is 390 g/mol. The molecule has 146 valence electrons. The first-order valence-corrected chi connectivity index (χ1v) is 10.9. The molecule has 0 saturated heterocycles. The van der Waals surface area contributed by atoms with Crippen LogP contribution in [0.25, 0.3) is 10.8 Å². The average molecular weight is 414 g/mol. The number of fused-ring (bicyclic) bond motifs is 1. The Morgan fingerprint density at radius 2 is 1.89 bits per heavy atom. The Labute approximate surface area is 175 Å². The maximum atomic E-state index is 12.5. The Bertz CT molecular complexity index is 926. The Morgan fingerprint density at radius 1 is 1.11 bits per heavy atom. The summed E-state index contributed by atoms with van der Waals surface area (Å²) in [4.78, 5) is 12.5. The van der Waals surface area contributed by atoms with Crippen LogP contribution < -0.4 is 10.1 Å². The Hall–Kier alpha value is -2.17. The second-order valence-electron chi connectivity index (χ2n) is 6.47. The van der Waals surface area contributed by atoms with Gasteiger partial charge in [0.1, 0.15) is 5.75 Å². The molecule has 3 rings (SSSR count). The molecule has 0 saturated carbocycles. The number of ether oxygens (including phenoxy) is 1. The average Bonchev–Trinajstić information content (AvgIpc) is 2.71. The molecule has 1 atom stereocenters. The van der Waals surface area contributed by atoms with E-state index in [1.807, 2.05) is 67.6 Å². The minimum Gasteiger partial charge on any atom is -0.480 e. The first kappa shape index (κ1) is 20.6. The summed E-state index contributed by atoms with van der Waals surface area (Å²) in [7, 11) is 0. The van der Waals surface area contributed by atoms with E-state index in [1.54, 1.807) is 11.8 Å². The van der Waals surface area contributed by atoms with E-state index in [-0.39, 0.29) is 5.91 Å². The highest BCUT2D eigenvalue weighted by Crippen LogP contribution is 2.26. The van der Waals surface area contributed by atoms with Crippen LogP contribution in [0.2, 0.25) is 5.02 Å². The van der Waals surface area contributed by atoms with Gasteiger partial charge in [-0.05, 0) is 35.6 Å². The van der Waals surface area contributed by atoms with Gasteiger partial charge < -0.3 is 10.1 Å². The molecule has 3 nitrogen and oxygen atoms in total. The van der Waals surface area contributed by atoms with E-state index >= 15 is 0 Å². The number of carbonyl (C=O) groups excluding carboxylic acids is 1. The molecule has 0 radical (unpaired) electrons. The smallest absolute Gasteiger partial charge is 0.261 e. The molecule has 0 aliphatic rings. The van der Waals surface area contributed by atoms with Crippen molar-refractivity contribution in [1.82, 2.24) is 5.32 Å². The Morgan fingerprint density at radius 3 is 2.71 bits per heavy atom. The fourth-order valence-electron chi connectivity index (χ4n) is 2.95. The van der Waals surface area contributed by atoms with Crippen molar-refractivity contribution in [3.63, 3.8) is 0 Å². The molecule has 0 spiro atoms. The second kappa shape index (κ2) is 10.4. The number of hydrogen-bond donors (Lipinski definition) is 1. The third-order valence-electron chi connectivity index (χ3n) is 4.39. The minimum absolute atomic E-state index is 0.0706. The summed E-state index contributed by atoms with van der Waals surface area (Å²) in [5, 5.41) is 5.87. The van der Waals surface area contributed by atoms with Gasteiger partial charge in [0, 0.05) is 28.5 Å². The van der Waals surface area contributed by atoms with Crippen LogP contribution in [0.1, 0.15) is 18.9 Å². The predicted octanol–water partition coefficient (Wildman–Crippen LogP) is 5.70. The SMILES string of the molecule is CC[C@H](Oc1cccc2ccccc12)C(=O)NCCSCc1cccc(Cl)c1. The lowest BCUT2D eigenvalue weighted by molar-refractivity contribution is -0.127. The van der Waals surface area contributed by atoms with Crippen LogP contribution >= 0.6 is 23.4 Å². The van der Waals surface area contributed by atoms with Crippen LogP contribution in [0.4, 0.5) is 0 Å². The highest BCUT2D eigenvalue weighted by molar-refractivity contribution is 7.98. The van der Waals surface area contributed by atoms with Gasteiger partial charge >= 0.3 is 0 Å². The molecule has 0 aliphatic heterocycles. The maximum Gasteiger partial charge on any atom is 0.261 e. The summed E-state index contributed by atoms with van der Waals surface area (Å²) in [5.74, 6) is 2.39. The van der Waals surface area contributed by atoms with Crippen LogP contribution in [-0.4, -0.2) is 24.3 Å². The van der Waals surface area contributed by atoms with Crippen molar-refractivity contribution >= 4 is 40.0 Å². The zero-order valence-electron chi connectivity index (χ0n) is 15.9. The van der Waals surface area contributed by atoms with Crippen molar-refractivity contribution in [1.29, 1.82) is 0 Å². The van der Waals surface area contributed by atoms with E-state index in [4.69, 9.17) is 16.3 Å². The van der Waals surface area contributed by atoms with Crippen LogP contribution in [0, 0.1) is 0 Å². The number of carbonyl (C=O) groups is 1. The van der Waals surface area contributed by atoms with Gasteiger partial charge in [0.2, 0.25) is 0 Å². The van der Waals surface area contributed by atoms with Crippen LogP contribution in [0.15, 0.2) is 66.7 Å². The highest BCUT2D eigenvalue weighted by Gasteiger charge is 2.18. The van der Waals surface area contributed by atoms with Crippen LogP contribution in [0.5, 0.6) is 5.75 Å². The van der Waals surface area contributed by atoms with Gasteiger partial charge in [-0.1, -0.05) is 67.1 Å². The normalized spacial score (nSPS) is 11.9. The molecule has 3 aromatic rings. The lowest BCUT2D eigenvalue weighted by atomic mass is 10.1. The zero-order valence-corrected chi connectivity index (χ0v) is 17.4. The molecule has 0 fully saturated rings. The molecule has 0 bridgehead atoms. The summed E-state index contributed by atoms with van der Waals surface area (Å²) in [5.41, 5.74) is 1.19. The molecule has 0 aromatic heterocycles. The summed E-state index contributed by atoms with van der Waals surface area (Å²) in [6, 6.07) is 21.8. The van der Waals surface area contributed by atoms with Gasteiger partial charge in [0.05, 0.1) is 0 Å². The van der Waals surface area contributed by atoms with E-state index in [2.05, 4.69) is 11.4 Å². The van der Waals surface area contributed by atoms with Crippen molar-refractivity contribution in [3.05, 3.63) is 77.3 Å². The molecule has 0 unspecified atom stereocenters. The van der Waals surface area contributed by atoms with Crippen molar-refractivity contribution in [2.45, 2.75) is 25.2 Å². The number of nitrogens with one attached hydrogen (secondary N) is 1. The monoisotopic (exact) mass is 413 g/mol. The maximum absolute atomic E-state index is 12.5. The number of amides is 1. The fraction of sp³-hybridized carbons (Fsp3) is 0.261. The first-order valence-electron chi connectivity index (χ1n) is 9.41. The third kappa shape index (κ3) is 5.66.